The van der Waals surface area contributed by atoms with Gasteiger partial charge in [-0.25, -0.2) is 0 Å². The number of anilines is 1. The zero-order valence-electron chi connectivity index (χ0n) is 23.7. The average molecular weight is 554 g/mol. The summed E-state index contributed by atoms with van der Waals surface area (Å²) in [6.07, 6.45) is 4.25. The highest BCUT2D eigenvalue weighted by Crippen LogP contribution is 2.50. The molecule has 4 rings (SSSR count). The summed E-state index contributed by atoms with van der Waals surface area (Å²) in [6.45, 7) is 3.21. The van der Waals surface area contributed by atoms with Crippen molar-refractivity contribution in [2.24, 2.45) is 0 Å². The molecule has 3 N–H and O–H groups in total. The van der Waals surface area contributed by atoms with Gasteiger partial charge in [0.25, 0.3) is 0 Å². The summed E-state index contributed by atoms with van der Waals surface area (Å²) in [4.78, 5) is 37.7. The Morgan fingerprint density at radius 2 is 1.85 bits per heavy atom. The van der Waals surface area contributed by atoms with Gasteiger partial charge in [-0.1, -0.05) is 6.07 Å². The van der Waals surface area contributed by atoms with Crippen LogP contribution in [0.25, 0.3) is 11.1 Å². The molecule has 0 bridgehead atoms. The van der Waals surface area contributed by atoms with Crippen LogP contribution in [0.3, 0.4) is 0 Å². The van der Waals surface area contributed by atoms with E-state index in [2.05, 4.69) is 16.0 Å². The molecule has 1 fully saturated rings. The van der Waals surface area contributed by atoms with Crippen LogP contribution in [0.2, 0.25) is 0 Å². The zero-order valence-corrected chi connectivity index (χ0v) is 23.7. The van der Waals surface area contributed by atoms with E-state index < -0.39 is 0 Å². The highest BCUT2D eigenvalue weighted by molar-refractivity contribution is 5.83. The van der Waals surface area contributed by atoms with Crippen molar-refractivity contribution < 1.29 is 28.5 Å². The number of nitrogens with one attached hydrogen (secondary N) is 3. The first kappa shape index (κ1) is 29.2. The van der Waals surface area contributed by atoms with Crippen molar-refractivity contribution in [3.63, 3.8) is 0 Å². The smallest absolute Gasteiger partial charge is 0.220 e. The monoisotopic (exact) mass is 553 g/mol. The molecule has 0 saturated carbocycles. The highest BCUT2D eigenvalue weighted by atomic mass is 16.5. The second-order valence-corrected chi connectivity index (χ2v) is 10.1. The molecule has 2 aliphatic rings. The van der Waals surface area contributed by atoms with E-state index in [1.54, 1.807) is 33.5 Å². The molecule has 0 aromatic heterocycles. The minimum atomic E-state index is -0.373. The number of rotatable bonds is 11. The van der Waals surface area contributed by atoms with Crippen molar-refractivity contribution in [2.45, 2.75) is 57.6 Å². The average Bonchev–Trinajstić information content (AvgIpc) is 3.36. The highest BCUT2D eigenvalue weighted by Gasteiger charge is 2.29. The Morgan fingerprint density at radius 3 is 2.52 bits per heavy atom. The Hall–Kier alpha value is -3.79. The minimum Gasteiger partial charge on any atom is -0.493 e. The third kappa shape index (κ3) is 6.67. The molecule has 1 saturated heterocycles. The summed E-state index contributed by atoms with van der Waals surface area (Å²) in [6, 6.07) is 6.75. The van der Waals surface area contributed by atoms with Gasteiger partial charge >= 0.3 is 0 Å². The van der Waals surface area contributed by atoms with Crippen LogP contribution in [-0.4, -0.2) is 58.9 Å². The molecule has 10 heteroatoms. The Labute approximate surface area is 234 Å². The van der Waals surface area contributed by atoms with E-state index in [-0.39, 0.29) is 29.4 Å². The molecule has 2 atom stereocenters. The van der Waals surface area contributed by atoms with Crippen LogP contribution >= 0.6 is 0 Å². The molecule has 2 amide bonds. The predicted molar refractivity (Wildman–Crippen MR) is 152 cm³/mol. The molecule has 10 nitrogen and oxygen atoms in total. The number of amides is 2. The normalized spacial score (nSPS) is 17.6. The number of benzene rings is 1. The molecule has 216 valence electrons. The second-order valence-electron chi connectivity index (χ2n) is 10.1. The number of carbonyl (C=O) groups excluding carboxylic acids is 2. The third-order valence-corrected chi connectivity index (χ3v) is 7.36. The minimum absolute atomic E-state index is 0.0313. The van der Waals surface area contributed by atoms with E-state index in [0.717, 1.165) is 36.1 Å². The molecule has 1 heterocycles. The van der Waals surface area contributed by atoms with Gasteiger partial charge in [0, 0.05) is 38.6 Å². The number of methoxy groups -OCH3 is 3. The lowest BCUT2D eigenvalue weighted by Crippen LogP contribution is -2.31. The third-order valence-electron chi connectivity index (χ3n) is 7.36. The first-order chi connectivity index (χ1) is 19.4. The van der Waals surface area contributed by atoms with Crippen molar-refractivity contribution in [1.82, 2.24) is 10.6 Å². The lowest BCUT2D eigenvalue weighted by molar-refractivity contribution is -0.121. The maximum absolute atomic E-state index is 13.4. The number of hydrogen-bond donors (Lipinski definition) is 3. The van der Waals surface area contributed by atoms with E-state index in [1.807, 2.05) is 12.1 Å². The molecule has 1 aliphatic carbocycles. The van der Waals surface area contributed by atoms with E-state index in [9.17, 15) is 14.4 Å². The van der Waals surface area contributed by atoms with Gasteiger partial charge in [-0.3, -0.25) is 14.4 Å². The fourth-order valence-corrected chi connectivity index (χ4v) is 5.45. The SMILES string of the molecule is COc1cc2c(c(OC)c1OC)-c1ccc(NCCCC(=O)NCC3CCCO3)c(=O)cc1C(NC(C)=O)CC2. The second kappa shape index (κ2) is 13.5. The lowest BCUT2D eigenvalue weighted by atomic mass is 9.95. The molecule has 2 unspecified atom stereocenters. The van der Waals surface area contributed by atoms with Crippen LogP contribution < -0.4 is 35.6 Å². The van der Waals surface area contributed by atoms with Gasteiger partial charge in [0.1, 0.15) is 0 Å². The fourth-order valence-electron chi connectivity index (χ4n) is 5.45. The number of aryl methyl sites for hydroxylation is 1. The van der Waals surface area contributed by atoms with Crippen molar-refractivity contribution >= 4 is 17.5 Å². The van der Waals surface area contributed by atoms with Crippen LogP contribution in [0.1, 0.15) is 56.2 Å². The Bertz CT molecular complexity index is 1290. The number of fused-ring (bicyclic) bond motifs is 3. The predicted octanol–water partition coefficient (Wildman–Crippen LogP) is 3.35. The van der Waals surface area contributed by atoms with Crippen LogP contribution in [0.5, 0.6) is 17.2 Å². The van der Waals surface area contributed by atoms with E-state index in [4.69, 9.17) is 18.9 Å². The zero-order chi connectivity index (χ0) is 28.6. The van der Waals surface area contributed by atoms with Crippen LogP contribution in [0.15, 0.2) is 29.1 Å². The Kier molecular flexibility index (Phi) is 9.87. The van der Waals surface area contributed by atoms with Gasteiger partial charge < -0.3 is 34.9 Å². The van der Waals surface area contributed by atoms with Gasteiger partial charge in [0.2, 0.25) is 23.0 Å². The molecule has 2 aromatic carbocycles. The fraction of sp³-hybridized carbons (Fsp3) is 0.500. The number of hydrogen-bond acceptors (Lipinski definition) is 8. The molecular weight excluding hydrogens is 514 g/mol. The summed E-state index contributed by atoms with van der Waals surface area (Å²) in [7, 11) is 4.69. The van der Waals surface area contributed by atoms with Crippen LogP contribution in [-0.2, 0) is 20.7 Å². The quantitative estimate of drug-likeness (QED) is 0.362. The van der Waals surface area contributed by atoms with Gasteiger partial charge in [0.05, 0.1) is 39.2 Å². The van der Waals surface area contributed by atoms with E-state index >= 15 is 0 Å². The maximum Gasteiger partial charge on any atom is 0.220 e. The Balaban J connectivity index is 1.60. The summed E-state index contributed by atoms with van der Waals surface area (Å²) in [5.74, 6) is 1.29. The first-order valence-electron chi connectivity index (χ1n) is 13.8. The topological polar surface area (TPSA) is 124 Å². The standard InChI is InChI=1S/C30H39N3O7/c1-18(34)33-23-11-9-19-15-26(37-2)29(38-3)30(39-4)28(19)21-10-12-24(25(35)16-22(21)23)31-13-5-8-27(36)32-17-20-7-6-14-40-20/h10,12,15-16,20,23H,5-9,11,13-14,17H2,1-4H3,(H,31,35)(H,32,36)(H,33,34). The summed E-state index contributed by atoms with van der Waals surface area (Å²) in [5.41, 5.74) is 3.43. The first-order valence-corrected chi connectivity index (χ1v) is 13.8. The largest absolute Gasteiger partial charge is 0.493 e. The van der Waals surface area contributed by atoms with Crippen molar-refractivity contribution in [3.05, 3.63) is 45.6 Å². The van der Waals surface area contributed by atoms with E-state index in [0.29, 0.717) is 67.3 Å². The van der Waals surface area contributed by atoms with Crippen LogP contribution in [0.4, 0.5) is 5.69 Å². The molecule has 40 heavy (non-hydrogen) atoms. The molecule has 0 radical (unpaired) electrons. The van der Waals surface area contributed by atoms with E-state index in [1.165, 1.54) is 6.92 Å². The van der Waals surface area contributed by atoms with Gasteiger partial charge in [-0.15, -0.1) is 0 Å². The van der Waals surface area contributed by atoms with Gasteiger partial charge in [-0.2, -0.15) is 0 Å². The molecule has 2 aromatic rings. The van der Waals surface area contributed by atoms with Gasteiger partial charge in [-0.05, 0) is 67.0 Å². The van der Waals surface area contributed by atoms with Crippen molar-refractivity contribution in [1.29, 1.82) is 0 Å². The summed E-state index contributed by atoms with van der Waals surface area (Å²) >= 11 is 0. The summed E-state index contributed by atoms with van der Waals surface area (Å²) < 4.78 is 22.6. The summed E-state index contributed by atoms with van der Waals surface area (Å²) in [5, 5.41) is 9.12. The van der Waals surface area contributed by atoms with Crippen LogP contribution in [0, 0.1) is 0 Å². The van der Waals surface area contributed by atoms with Gasteiger partial charge in [0.15, 0.2) is 11.5 Å². The number of carbonyl (C=O) groups is 2. The molecule has 0 spiro atoms. The lowest BCUT2D eigenvalue weighted by Gasteiger charge is -2.19. The number of ether oxygens (including phenoxy) is 4. The van der Waals surface area contributed by atoms with Crippen molar-refractivity contribution in [3.8, 4) is 28.4 Å². The van der Waals surface area contributed by atoms with Crippen molar-refractivity contribution in [2.75, 3.05) is 46.3 Å². The molecule has 1 aliphatic heterocycles. The Morgan fingerprint density at radius 1 is 1.05 bits per heavy atom. The molecular formula is C30H39N3O7. The maximum atomic E-state index is 13.4.